The standard InChI is InChI=1S/C24H31N5O3/c1-5-6-13-28-21(25)20(22(30)26-24(28)32)29(15-16(2)3)23(31)18-10-9-17(4)19(14-18)27-11-7-8-12-27/h7-12,14,16H,5-6,13,15,25H2,1-4H3,(H,26,30,32). The van der Waals surface area contributed by atoms with Crippen LogP contribution in [0.15, 0.2) is 52.3 Å². The Bertz CT molecular complexity index is 1210. The zero-order chi connectivity index (χ0) is 23.4. The second-order valence-electron chi connectivity index (χ2n) is 8.40. The molecule has 1 aromatic carbocycles. The van der Waals surface area contributed by atoms with Gasteiger partial charge in [-0.1, -0.05) is 33.3 Å². The summed E-state index contributed by atoms with van der Waals surface area (Å²) in [4.78, 5) is 42.5. The first-order valence-corrected chi connectivity index (χ1v) is 10.9. The number of amides is 1. The van der Waals surface area contributed by atoms with Crippen molar-refractivity contribution in [2.45, 2.75) is 47.1 Å². The van der Waals surface area contributed by atoms with Crippen LogP contribution in [0.3, 0.4) is 0 Å². The lowest BCUT2D eigenvalue weighted by molar-refractivity contribution is 0.0983. The van der Waals surface area contributed by atoms with Crippen molar-refractivity contribution in [3.05, 3.63) is 74.7 Å². The van der Waals surface area contributed by atoms with Crippen LogP contribution in [0.1, 0.15) is 49.5 Å². The molecule has 0 radical (unpaired) electrons. The van der Waals surface area contributed by atoms with Gasteiger partial charge in [-0.25, -0.2) is 4.79 Å². The molecule has 3 N–H and O–H groups in total. The molecule has 0 bridgehead atoms. The number of nitrogen functional groups attached to an aromatic ring is 1. The van der Waals surface area contributed by atoms with Crippen molar-refractivity contribution in [3.63, 3.8) is 0 Å². The highest BCUT2D eigenvalue weighted by Gasteiger charge is 2.26. The van der Waals surface area contributed by atoms with Gasteiger partial charge in [0.15, 0.2) is 5.69 Å². The molecule has 0 aliphatic heterocycles. The average Bonchev–Trinajstić information content (AvgIpc) is 3.27. The highest BCUT2D eigenvalue weighted by atomic mass is 16.2. The number of aromatic amines is 1. The second kappa shape index (κ2) is 9.72. The minimum atomic E-state index is -0.660. The number of aryl methyl sites for hydroxylation is 1. The van der Waals surface area contributed by atoms with E-state index >= 15 is 0 Å². The van der Waals surface area contributed by atoms with Crippen LogP contribution >= 0.6 is 0 Å². The van der Waals surface area contributed by atoms with Crippen LogP contribution < -0.4 is 21.9 Å². The van der Waals surface area contributed by atoms with E-state index in [2.05, 4.69) is 4.98 Å². The van der Waals surface area contributed by atoms with Gasteiger partial charge in [0.1, 0.15) is 5.82 Å². The number of H-pyrrole nitrogens is 1. The SMILES string of the molecule is CCCCn1c(N)c(N(CC(C)C)C(=O)c2ccc(C)c(-n3cccc3)c2)c(=O)[nH]c1=O. The Hall–Kier alpha value is -3.55. The summed E-state index contributed by atoms with van der Waals surface area (Å²) in [5.74, 6) is -0.257. The molecule has 3 rings (SSSR count). The van der Waals surface area contributed by atoms with E-state index in [1.54, 1.807) is 6.07 Å². The van der Waals surface area contributed by atoms with Gasteiger partial charge in [-0.3, -0.25) is 19.1 Å². The predicted octanol–water partition coefficient (Wildman–Crippen LogP) is 3.32. The lowest BCUT2D eigenvalue weighted by Crippen LogP contribution is -2.42. The fourth-order valence-corrected chi connectivity index (χ4v) is 3.69. The Balaban J connectivity index is 2.12. The number of carbonyl (C=O) groups excluding carboxylic acids is 1. The Kier molecular flexibility index (Phi) is 7.02. The smallest absolute Gasteiger partial charge is 0.330 e. The first-order valence-electron chi connectivity index (χ1n) is 10.9. The van der Waals surface area contributed by atoms with E-state index in [-0.39, 0.29) is 29.9 Å². The molecular weight excluding hydrogens is 406 g/mol. The van der Waals surface area contributed by atoms with E-state index < -0.39 is 11.2 Å². The minimum Gasteiger partial charge on any atom is -0.383 e. The third-order valence-corrected chi connectivity index (χ3v) is 5.35. The lowest BCUT2D eigenvalue weighted by Gasteiger charge is -2.26. The van der Waals surface area contributed by atoms with Crippen LogP contribution in [0.4, 0.5) is 11.5 Å². The fourth-order valence-electron chi connectivity index (χ4n) is 3.69. The topological polar surface area (TPSA) is 106 Å². The van der Waals surface area contributed by atoms with Crippen molar-refractivity contribution >= 4 is 17.4 Å². The van der Waals surface area contributed by atoms with Crippen molar-refractivity contribution in [2.24, 2.45) is 5.92 Å². The zero-order valence-electron chi connectivity index (χ0n) is 19.1. The van der Waals surface area contributed by atoms with Crippen LogP contribution in [0.5, 0.6) is 0 Å². The maximum Gasteiger partial charge on any atom is 0.330 e. The van der Waals surface area contributed by atoms with E-state index in [0.29, 0.717) is 12.1 Å². The second-order valence-corrected chi connectivity index (χ2v) is 8.40. The van der Waals surface area contributed by atoms with Crippen LogP contribution in [0.2, 0.25) is 0 Å². The van der Waals surface area contributed by atoms with Crippen molar-refractivity contribution in [1.82, 2.24) is 14.1 Å². The quantitative estimate of drug-likeness (QED) is 0.564. The van der Waals surface area contributed by atoms with Crippen molar-refractivity contribution in [2.75, 3.05) is 17.2 Å². The minimum absolute atomic E-state index is 0.0129. The number of hydrogen-bond donors (Lipinski definition) is 2. The van der Waals surface area contributed by atoms with Crippen LogP contribution in [-0.2, 0) is 6.54 Å². The van der Waals surface area contributed by atoms with Crippen LogP contribution in [0.25, 0.3) is 5.69 Å². The molecule has 0 unspecified atom stereocenters. The Labute approximate surface area is 187 Å². The number of benzene rings is 1. The molecule has 2 aromatic heterocycles. The van der Waals surface area contributed by atoms with Gasteiger partial charge in [0, 0.05) is 36.7 Å². The number of unbranched alkanes of at least 4 members (excludes halogenated alkanes) is 1. The summed E-state index contributed by atoms with van der Waals surface area (Å²) >= 11 is 0. The van der Waals surface area contributed by atoms with Gasteiger partial charge in [0.05, 0.1) is 0 Å². The summed E-state index contributed by atoms with van der Waals surface area (Å²) in [6, 6.07) is 9.27. The number of nitrogens with two attached hydrogens (primary N) is 1. The molecule has 0 saturated carbocycles. The van der Waals surface area contributed by atoms with Gasteiger partial charge in [-0.2, -0.15) is 0 Å². The number of hydrogen-bond acceptors (Lipinski definition) is 4. The van der Waals surface area contributed by atoms with Gasteiger partial charge < -0.3 is 15.2 Å². The average molecular weight is 438 g/mol. The molecule has 0 saturated heterocycles. The monoisotopic (exact) mass is 437 g/mol. The maximum atomic E-state index is 13.6. The summed E-state index contributed by atoms with van der Waals surface area (Å²) < 4.78 is 3.27. The molecule has 0 spiro atoms. The molecule has 0 aliphatic carbocycles. The van der Waals surface area contributed by atoms with Crippen molar-refractivity contribution in [3.8, 4) is 5.69 Å². The van der Waals surface area contributed by atoms with E-state index in [0.717, 1.165) is 24.1 Å². The number of aromatic nitrogens is 3. The zero-order valence-corrected chi connectivity index (χ0v) is 19.1. The third-order valence-electron chi connectivity index (χ3n) is 5.35. The van der Waals surface area contributed by atoms with Gasteiger partial charge in [-0.15, -0.1) is 0 Å². The van der Waals surface area contributed by atoms with Gasteiger partial charge in [0.2, 0.25) is 0 Å². The maximum absolute atomic E-state index is 13.6. The Morgan fingerprint density at radius 3 is 2.50 bits per heavy atom. The Morgan fingerprint density at radius 2 is 1.88 bits per heavy atom. The summed E-state index contributed by atoms with van der Waals surface area (Å²) in [6.45, 7) is 8.54. The number of nitrogens with zero attached hydrogens (tertiary/aromatic N) is 3. The van der Waals surface area contributed by atoms with Crippen LogP contribution in [-0.4, -0.2) is 26.6 Å². The van der Waals surface area contributed by atoms with E-state index in [1.165, 1.54) is 9.47 Å². The first-order chi connectivity index (χ1) is 15.2. The molecule has 32 heavy (non-hydrogen) atoms. The summed E-state index contributed by atoms with van der Waals surface area (Å²) in [7, 11) is 0. The Morgan fingerprint density at radius 1 is 1.19 bits per heavy atom. The van der Waals surface area contributed by atoms with E-state index in [1.807, 2.05) is 68.9 Å². The molecule has 8 nitrogen and oxygen atoms in total. The number of anilines is 2. The van der Waals surface area contributed by atoms with Gasteiger partial charge >= 0.3 is 5.69 Å². The van der Waals surface area contributed by atoms with Crippen molar-refractivity contribution < 1.29 is 4.79 Å². The fraction of sp³-hybridized carbons (Fsp3) is 0.375. The molecule has 0 aliphatic rings. The summed E-state index contributed by atoms with van der Waals surface area (Å²) in [5, 5.41) is 0. The summed E-state index contributed by atoms with van der Waals surface area (Å²) in [6.07, 6.45) is 5.41. The third kappa shape index (κ3) is 4.69. The van der Waals surface area contributed by atoms with Crippen LogP contribution in [0, 0.1) is 12.8 Å². The molecule has 1 amide bonds. The van der Waals surface area contributed by atoms with Gasteiger partial charge in [-0.05, 0) is 49.1 Å². The van der Waals surface area contributed by atoms with E-state index in [4.69, 9.17) is 5.73 Å². The highest BCUT2D eigenvalue weighted by molar-refractivity contribution is 6.07. The molecular formula is C24H31N5O3. The number of nitrogens with one attached hydrogen (secondary N) is 1. The van der Waals surface area contributed by atoms with Crippen molar-refractivity contribution in [1.29, 1.82) is 0 Å². The van der Waals surface area contributed by atoms with E-state index in [9.17, 15) is 14.4 Å². The number of carbonyl (C=O) groups is 1. The van der Waals surface area contributed by atoms with Gasteiger partial charge in [0.25, 0.3) is 11.5 Å². The number of rotatable bonds is 8. The normalized spacial score (nSPS) is 11.2. The molecule has 0 fully saturated rings. The molecule has 170 valence electrons. The first kappa shape index (κ1) is 23.1. The highest BCUT2D eigenvalue weighted by Crippen LogP contribution is 2.23. The largest absolute Gasteiger partial charge is 0.383 e. The predicted molar refractivity (Wildman–Crippen MR) is 128 cm³/mol. The molecule has 0 atom stereocenters. The molecule has 3 aromatic rings. The molecule has 8 heteroatoms. The summed E-state index contributed by atoms with van der Waals surface area (Å²) in [5.41, 5.74) is 7.41. The molecule has 2 heterocycles. The lowest BCUT2D eigenvalue weighted by atomic mass is 10.1.